The minimum absolute atomic E-state index is 0.0532. The highest BCUT2D eigenvalue weighted by atomic mass is 31.1. The Balaban J connectivity index is 2.25. The maximum atomic E-state index is 13.7. The molecule has 0 saturated heterocycles. The molecule has 1 atom stereocenters. The number of hydrogen-bond donors (Lipinski definition) is 0. The molecule has 3 aromatic carbocycles. The van der Waals surface area contributed by atoms with E-state index in [0.29, 0.717) is 22.3 Å². The SMILES string of the molecule is COc1cccc(OC)c1C(=O)[P+](=O)c1c(OC)c(C)c(C(=O)c2ccccc2)c(C)c1OC. The average Bonchev–Trinajstić information content (AvgIpc) is 2.87. The highest BCUT2D eigenvalue weighted by Crippen LogP contribution is 2.44. The highest BCUT2D eigenvalue weighted by molar-refractivity contribution is 7.72. The number of hydrogen-bond acceptors (Lipinski definition) is 7. The second-order valence-corrected chi connectivity index (χ2v) is 8.81. The number of carbonyl (C=O) groups excluding carboxylic acids is 2. The Kier molecular flexibility index (Phi) is 7.69. The number of ketones is 1. The van der Waals surface area contributed by atoms with Crippen LogP contribution in [0.4, 0.5) is 0 Å². The van der Waals surface area contributed by atoms with Crippen LogP contribution in [0.1, 0.15) is 37.4 Å². The van der Waals surface area contributed by atoms with Gasteiger partial charge in [-0.2, -0.15) is 0 Å². The molecule has 7 nitrogen and oxygen atoms in total. The number of ether oxygens (including phenoxy) is 4. The van der Waals surface area contributed by atoms with Crippen molar-refractivity contribution >= 4 is 24.4 Å². The molecule has 176 valence electrons. The van der Waals surface area contributed by atoms with Crippen molar-refractivity contribution in [2.45, 2.75) is 13.8 Å². The van der Waals surface area contributed by atoms with Crippen molar-refractivity contribution in [1.82, 2.24) is 0 Å². The Morgan fingerprint density at radius 1 is 0.676 bits per heavy atom. The molecular formula is C26H26O7P+. The lowest BCUT2D eigenvalue weighted by molar-refractivity contribution is 0.103. The van der Waals surface area contributed by atoms with E-state index < -0.39 is 13.3 Å². The Bertz CT molecular complexity index is 1210. The van der Waals surface area contributed by atoms with Gasteiger partial charge in [-0.15, -0.1) is 0 Å². The zero-order valence-electron chi connectivity index (χ0n) is 19.9. The van der Waals surface area contributed by atoms with E-state index in [0.717, 1.165) is 0 Å². The second kappa shape index (κ2) is 10.5. The summed E-state index contributed by atoms with van der Waals surface area (Å²) in [5.74, 6) is 0.548. The molecule has 0 radical (unpaired) electrons. The van der Waals surface area contributed by atoms with Crippen molar-refractivity contribution in [2.75, 3.05) is 28.4 Å². The van der Waals surface area contributed by atoms with E-state index in [9.17, 15) is 14.2 Å². The molecule has 3 aromatic rings. The Labute approximate surface area is 199 Å². The summed E-state index contributed by atoms with van der Waals surface area (Å²) in [5, 5.41) is 0.0811. The van der Waals surface area contributed by atoms with Crippen LogP contribution in [0, 0.1) is 13.8 Å². The van der Waals surface area contributed by atoms with E-state index >= 15 is 0 Å². The van der Waals surface area contributed by atoms with Crippen molar-refractivity contribution in [3.8, 4) is 23.0 Å². The predicted octanol–water partition coefficient (Wildman–Crippen LogP) is 4.86. The summed E-state index contributed by atoms with van der Waals surface area (Å²) in [4.78, 5) is 26.8. The molecule has 0 fully saturated rings. The first-order chi connectivity index (χ1) is 16.3. The lowest BCUT2D eigenvalue weighted by Gasteiger charge is -2.17. The van der Waals surface area contributed by atoms with Crippen LogP contribution in [-0.2, 0) is 4.57 Å². The molecule has 0 spiro atoms. The van der Waals surface area contributed by atoms with Gasteiger partial charge in [-0.05, 0) is 26.0 Å². The molecular weight excluding hydrogens is 455 g/mol. The van der Waals surface area contributed by atoms with E-state index in [1.54, 1.807) is 56.3 Å². The third-order valence-electron chi connectivity index (χ3n) is 5.56. The Hall–Kier alpha value is -3.70. The number of benzene rings is 3. The van der Waals surface area contributed by atoms with Crippen molar-refractivity contribution < 1.29 is 33.1 Å². The van der Waals surface area contributed by atoms with Crippen molar-refractivity contribution in [1.29, 1.82) is 0 Å². The third kappa shape index (κ3) is 4.27. The summed E-state index contributed by atoms with van der Waals surface area (Å²) in [5.41, 5.74) is 1.14. The van der Waals surface area contributed by atoms with Crippen LogP contribution in [0.15, 0.2) is 48.5 Å². The number of carbonyl (C=O) groups is 2. The van der Waals surface area contributed by atoms with Crippen LogP contribution in [0.5, 0.6) is 23.0 Å². The summed E-state index contributed by atoms with van der Waals surface area (Å²) in [6.45, 7) is 3.39. The van der Waals surface area contributed by atoms with Gasteiger partial charge in [0, 0.05) is 22.3 Å². The lowest BCUT2D eigenvalue weighted by Crippen LogP contribution is -2.19. The standard InChI is InChI=1S/C26H26O7P/c1-15-20(22(27)17-11-8-7-9-12-17)16(2)24(33-6)25(23(15)32-5)34(29)26(28)21-18(30-3)13-10-14-19(21)31-4/h7-14H,1-6H3/q+1. The zero-order chi connectivity index (χ0) is 25.0. The molecule has 0 heterocycles. The van der Waals surface area contributed by atoms with Crippen LogP contribution in [-0.4, -0.2) is 39.7 Å². The molecule has 0 aliphatic carbocycles. The van der Waals surface area contributed by atoms with Gasteiger partial charge in [-0.3, -0.25) is 4.79 Å². The van der Waals surface area contributed by atoms with Crippen LogP contribution >= 0.6 is 7.80 Å². The van der Waals surface area contributed by atoms with Crippen LogP contribution < -0.4 is 24.3 Å². The van der Waals surface area contributed by atoms with Gasteiger partial charge in [0.15, 0.2) is 22.8 Å². The van der Waals surface area contributed by atoms with Crippen molar-refractivity contribution in [3.05, 3.63) is 76.3 Å². The zero-order valence-corrected chi connectivity index (χ0v) is 20.8. The first-order valence-corrected chi connectivity index (χ1v) is 11.7. The smallest absolute Gasteiger partial charge is 0.466 e. The molecule has 0 aliphatic heterocycles. The van der Waals surface area contributed by atoms with Gasteiger partial charge in [0.25, 0.3) is 5.30 Å². The fraction of sp³-hybridized carbons (Fsp3) is 0.231. The van der Waals surface area contributed by atoms with Gasteiger partial charge in [-0.1, -0.05) is 41.0 Å². The van der Waals surface area contributed by atoms with Crippen LogP contribution in [0.2, 0.25) is 0 Å². The molecule has 0 aliphatic rings. The molecule has 0 amide bonds. The second-order valence-electron chi connectivity index (χ2n) is 7.37. The van der Waals surface area contributed by atoms with Crippen molar-refractivity contribution in [3.63, 3.8) is 0 Å². The normalized spacial score (nSPS) is 10.9. The van der Waals surface area contributed by atoms with Gasteiger partial charge in [-0.25, -0.2) is 4.79 Å². The quantitative estimate of drug-likeness (QED) is 0.319. The summed E-state index contributed by atoms with van der Waals surface area (Å²) >= 11 is 0. The maximum Gasteiger partial charge on any atom is 0.466 e. The molecule has 1 unspecified atom stereocenters. The first-order valence-electron chi connectivity index (χ1n) is 10.4. The average molecular weight is 481 g/mol. The van der Waals surface area contributed by atoms with E-state index in [4.69, 9.17) is 18.9 Å². The van der Waals surface area contributed by atoms with E-state index in [1.807, 2.05) is 6.07 Å². The summed E-state index contributed by atoms with van der Waals surface area (Å²) in [6, 6.07) is 13.6. The Morgan fingerprint density at radius 2 is 1.18 bits per heavy atom. The molecule has 8 heteroatoms. The summed E-state index contributed by atoms with van der Waals surface area (Å²) in [7, 11) is 2.89. The fourth-order valence-electron chi connectivity index (χ4n) is 3.99. The van der Waals surface area contributed by atoms with Gasteiger partial charge >= 0.3 is 13.3 Å². The first kappa shape index (κ1) is 24.9. The third-order valence-corrected chi connectivity index (χ3v) is 6.97. The molecule has 0 N–H and O–H groups in total. The van der Waals surface area contributed by atoms with Gasteiger partial charge in [0.2, 0.25) is 0 Å². The largest absolute Gasteiger partial charge is 0.496 e. The summed E-state index contributed by atoms with van der Waals surface area (Å²) < 4.78 is 35.6. The topological polar surface area (TPSA) is 88.1 Å². The Morgan fingerprint density at radius 3 is 1.62 bits per heavy atom. The van der Waals surface area contributed by atoms with Gasteiger partial charge < -0.3 is 18.9 Å². The van der Waals surface area contributed by atoms with Gasteiger partial charge in [0.05, 0.1) is 28.4 Å². The van der Waals surface area contributed by atoms with Crippen LogP contribution in [0.3, 0.4) is 0 Å². The molecule has 34 heavy (non-hydrogen) atoms. The van der Waals surface area contributed by atoms with E-state index in [2.05, 4.69) is 0 Å². The van der Waals surface area contributed by atoms with E-state index in [1.165, 1.54) is 28.4 Å². The predicted molar refractivity (Wildman–Crippen MR) is 130 cm³/mol. The minimum Gasteiger partial charge on any atom is -0.496 e. The molecule has 0 aromatic heterocycles. The number of methoxy groups -OCH3 is 4. The summed E-state index contributed by atoms with van der Waals surface area (Å²) in [6.07, 6.45) is 0. The molecule has 3 rings (SSSR count). The van der Waals surface area contributed by atoms with E-state index in [-0.39, 0.29) is 39.6 Å². The lowest BCUT2D eigenvalue weighted by atomic mass is 9.93. The maximum absolute atomic E-state index is 13.7. The highest BCUT2D eigenvalue weighted by Gasteiger charge is 2.45. The van der Waals surface area contributed by atoms with Gasteiger partial charge in [0.1, 0.15) is 11.5 Å². The van der Waals surface area contributed by atoms with Crippen LogP contribution in [0.25, 0.3) is 0 Å². The molecule has 0 bridgehead atoms. The molecule has 0 saturated carbocycles. The van der Waals surface area contributed by atoms with Crippen molar-refractivity contribution in [2.24, 2.45) is 0 Å². The fourth-order valence-corrected chi connectivity index (χ4v) is 5.50. The monoisotopic (exact) mass is 481 g/mol. The number of rotatable bonds is 9. The minimum atomic E-state index is -2.74.